The van der Waals surface area contributed by atoms with Crippen molar-refractivity contribution in [1.82, 2.24) is 0 Å². The van der Waals surface area contributed by atoms with Gasteiger partial charge in [-0.05, 0) is 17.5 Å². The maximum atomic E-state index is 9.19. The SMILES string of the molecule is CC.CC.N#CC(Cc1ccccc1)c1ccccc1. The zero-order valence-corrected chi connectivity index (χ0v) is 13.0. The van der Waals surface area contributed by atoms with Gasteiger partial charge in [0.1, 0.15) is 0 Å². The van der Waals surface area contributed by atoms with Crippen LogP contribution in [0.4, 0.5) is 0 Å². The fourth-order valence-corrected chi connectivity index (χ4v) is 1.77. The molecule has 0 radical (unpaired) electrons. The van der Waals surface area contributed by atoms with E-state index in [9.17, 15) is 5.26 Å². The molecular formula is C19H25N. The van der Waals surface area contributed by atoms with E-state index in [4.69, 9.17) is 0 Å². The lowest BCUT2D eigenvalue weighted by Gasteiger charge is -2.08. The van der Waals surface area contributed by atoms with Crippen molar-refractivity contribution in [2.45, 2.75) is 40.0 Å². The number of nitriles is 1. The topological polar surface area (TPSA) is 23.8 Å². The molecular weight excluding hydrogens is 242 g/mol. The molecule has 0 fully saturated rings. The first-order valence-corrected chi connectivity index (χ1v) is 7.38. The summed E-state index contributed by atoms with van der Waals surface area (Å²) < 4.78 is 0. The molecule has 0 spiro atoms. The van der Waals surface area contributed by atoms with E-state index in [0.717, 1.165) is 12.0 Å². The van der Waals surface area contributed by atoms with Gasteiger partial charge in [0.2, 0.25) is 0 Å². The lowest BCUT2D eigenvalue weighted by Crippen LogP contribution is -1.99. The van der Waals surface area contributed by atoms with Gasteiger partial charge in [-0.3, -0.25) is 0 Å². The molecule has 2 aromatic rings. The lowest BCUT2D eigenvalue weighted by molar-refractivity contribution is 0.849. The predicted molar refractivity (Wildman–Crippen MR) is 87.6 cm³/mol. The minimum atomic E-state index is -0.0522. The molecule has 106 valence electrons. The van der Waals surface area contributed by atoms with E-state index in [0.29, 0.717) is 0 Å². The Labute approximate surface area is 123 Å². The second-order valence-electron chi connectivity index (χ2n) is 3.78. The van der Waals surface area contributed by atoms with Crippen molar-refractivity contribution in [2.24, 2.45) is 0 Å². The van der Waals surface area contributed by atoms with Gasteiger partial charge in [0, 0.05) is 0 Å². The summed E-state index contributed by atoms with van der Waals surface area (Å²) in [6, 6.07) is 22.5. The van der Waals surface area contributed by atoms with Gasteiger partial charge in [-0.25, -0.2) is 0 Å². The summed E-state index contributed by atoms with van der Waals surface area (Å²) in [5.41, 5.74) is 2.30. The van der Waals surface area contributed by atoms with Crippen LogP contribution in [0.2, 0.25) is 0 Å². The van der Waals surface area contributed by atoms with Crippen LogP contribution in [-0.4, -0.2) is 0 Å². The lowest BCUT2D eigenvalue weighted by atomic mass is 9.93. The number of rotatable bonds is 3. The van der Waals surface area contributed by atoms with Crippen LogP contribution in [0, 0.1) is 11.3 Å². The molecule has 0 heterocycles. The van der Waals surface area contributed by atoms with E-state index in [-0.39, 0.29) is 5.92 Å². The predicted octanol–water partition coefficient (Wildman–Crippen LogP) is 5.59. The number of hydrogen-bond donors (Lipinski definition) is 0. The molecule has 1 atom stereocenters. The summed E-state index contributed by atoms with van der Waals surface area (Å²) in [5, 5.41) is 9.19. The second-order valence-corrected chi connectivity index (χ2v) is 3.78. The molecule has 0 N–H and O–H groups in total. The molecule has 0 amide bonds. The fraction of sp³-hybridized carbons (Fsp3) is 0.316. The quantitative estimate of drug-likeness (QED) is 0.711. The Morgan fingerprint density at radius 1 is 0.800 bits per heavy atom. The van der Waals surface area contributed by atoms with Gasteiger partial charge < -0.3 is 0 Å². The minimum absolute atomic E-state index is 0.0522. The molecule has 0 aliphatic carbocycles. The fourth-order valence-electron chi connectivity index (χ4n) is 1.77. The average molecular weight is 267 g/mol. The highest BCUT2D eigenvalue weighted by Gasteiger charge is 2.10. The van der Waals surface area contributed by atoms with Crippen LogP contribution >= 0.6 is 0 Å². The Bertz CT molecular complexity index is 468. The Morgan fingerprint density at radius 3 is 1.70 bits per heavy atom. The van der Waals surface area contributed by atoms with Gasteiger partial charge in [-0.1, -0.05) is 88.4 Å². The Morgan fingerprint density at radius 2 is 1.25 bits per heavy atom. The number of hydrogen-bond acceptors (Lipinski definition) is 1. The smallest absolute Gasteiger partial charge is 0.0753 e. The standard InChI is InChI=1S/C15H13N.2C2H6/c16-12-15(14-9-5-2-6-10-14)11-13-7-3-1-4-8-13;2*1-2/h1-10,15H,11H2;2*1-2H3. The van der Waals surface area contributed by atoms with Crippen LogP contribution in [0.1, 0.15) is 44.7 Å². The van der Waals surface area contributed by atoms with E-state index in [1.807, 2.05) is 76.2 Å². The molecule has 1 unspecified atom stereocenters. The highest BCUT2D eigenvalue weighted by atomic mass is 14.3. The molecule has 1 nitrogen and oxygen atoms in total. The Balaban J connectivity index is 0.000000829. The van der Waals surface area contributed by atoms with Crippen molar-refractivity contribution in [3.05, 3.63) is 71.8 Å². The van der Waals surface area contributed by atoms with E-state index in [1.165, 1.54) is 5.56 Å². The van der Waals surface area contributed by atoms with Crippen LogP contribution in [-0.2, 0) is 6.42 Å². The Hall–Kier alpha value is -2.07. The van der Waals surface area contributed by atoms with E-state index in [2.05, 4.69) is 18.2 Å². The zero-order valence-electron chi connectivity index (χ0n) is 13.0. The number of benzene rings is 2. The van der Waals surface area contributed by atoms with E-state index >= 15 is 0 Å². The van der Waals surface area contributed by atoms with Crippen LogP contribution in [0.5, 0.6) is 0 Å². The maximum absolute atomic E-state index is 9.19. The summed E-state index contributed by atoms with van der Waals surface area (Å²) in [4.78, 5) is 0. The molecule has 0 aromatic heterocycles. The van der Waals surface area contributed by atoms with Crippen molar-refractivity contribution in [3.8, 4) is 6.07 Å². The maximum Gasteiger partial charge on any atom is 0.0753 e. The first kappa shape index (κ1) is 17.9. The summed E-state index contributed by atoms with van der Waals surface area (Å²) >= 11 is 0. The van der Waals surface area contributed by atoms with Crippen LogP contribution in [0.15, 0.2) is 60.7 Å². The zero-order chi connectivity index (χ0) is 15.2. The van der Waals surface area contributed by atoms with Crippen molar-refractivity contribution < 1.29 is 0 Å². The van der Waals surface area contributed by atoms with Gasteiger partial charge >= 0.3 is 0 Å². The summed E-state index contributed by atoms with van der Waals surface area (Å²) in [6.07, 6.45) is 0.779. The van der Waals surface area contributed by atoms with Gasteiger partial charge in [-0.15, -0.1) is 0 Å². The van der Waals surface area contributed by atoms with Crippen molar-refractivity contribution >= 4 is 0 Å². The van der Waals surface area contributed by atoms with Crippen LogP contribution < -0.4 is 0 Å². The third kappa shape index (κ3) is 6.20. The molecule has 2 aromatic carbocycles. The van der Waals surface area contributed by atoms with Gasteiger partial charge in [0.15, 0.2) is 0 Å². The molecule has 0 bridgehead atoms. The van der Waals surface area contributed by atoms with Crippen LogP contribution in [0.3, 0.4) is 0 Å². The van der Waals surface area contributed by atoms with Crippen LogP contribution in [0.25, 0.3) is 0 Å². The minimum Gasteiger partial charge on any atom is -0.198 e. The largest absolute Gasteiger partial charge is 0.198 e. The Kier molecular flexibility index (Phi) is 10.7. The third-order valence-corrected chi connectivity index (χ3v) is 2.64. The molecule has 0 saturated heterocycles. The molecule has 20 heavy (non-hydrogen) atoms. The van der Waals surface area contributed by atoms with Crippen molar-refractivity contribution in [1.29, 1.82) is 5.26 Å². The highest BCUT2D eigenvalue weighted by molar-refractivity contribution is 5.28. The summed E-state index contributed by atoms with van der Waals surface area (Å²) in [7, 11) is 0. The molecule has 2 rings (SSSR count). The van der Waals surface area contributed by atoms with Gasteiger partial charge in [0.05, 0.1) is 12.0 Å². The monoisotopic (exact) mass is 267 g/mol. The van der Waals surface area contributed by atoms with E-state index < -0.39 is 0 Å². The summed E-state index contributed by atoms with van der Waals surface area (Å²) in [6.45, 7) is 8.00. The van der Waals surface area contributed by atoms with Gasteiger partial charge in [0.25, 0.3) is 0 Å². The molecule has 1 heteroatoms. The summed E-state index contributed by atoms with van der Waals surface area (Å²) in [5.74, 6) is -0.0522. The second kappa shape index (κ2) is 12.0. The first-order chi connectivity index (χ1) is 9.90. The van der Waals surface area contributed by atoms with Crippen molar-refractivity contribution in [2.75, 3.05) is 0 Å². The third-order valence-electron chi connectivity index (χ3n) is 2.64. The number of nitrogens with zero attached hydrogens (tertiary/aromatic N) is 1. The molecule has 0 aliphatic heterocycles. The van der Waals surface area contributed by atoms with E-state index in [1.54, 1.807) is 0 Å². The van der Waals surface area contributed by atoms with Crippen molar-refractivity contribution in [3.63, 3.8) is 0 Å². The normalized spacial score (nSPS) is 9.95. The van der Waals surface area contributed by atoms with Gasteiger partial charge in [-0.2, -0.15) is 5.26 Å². The first-order valence-electron chi connectivity index (χ1n) is 7.38. The average Bonchev–Trinajstić information content (AvgIpc) is 2.58. The molecule has 0 saturated carbocycles. The highest BCUT2D eigenvalue weighted by Crippen LogP contribution is 2.19. The molecule has 0 aliphatic rings.